The van der Waals surface area contributed by atoms with Crippen molar-refractivity contribution in [2.75, 3.05) is 5.32 Å². The molecule has 1 aromatic carbocycles. The van der Waals surface area contributed by atoms with Crippen molar-refractivity contribution < 1.29 is 0 Å². The minimum absolute atomic E-state index is 0.0950. The molecule has 0 spiro atoms. The summed E-state index contributed by atoms with van der Waals surface area (Å²) in [6.07, 6.45) is 2.60. The van der Waals surface area contributed by atoms with E-state index in [1.54, 1.807) is 0 Å². The highest BCUT2D eigenvalue weighted by atomic mass is 15.0. The van der Waals surface area contributed by atoms with E-state index >= 15 is 0 Å². The van der Waals surface area contributed by atoms with Crippen LogP contribution in [0.15, 0.2) is 18.2 Å². The summed E-state index contributed by atoms with van der Waals surface area (Å²) in [6.45, 7) is 6.49. The predicted octanol–water partition coefficient (Wildman–Crippen LogP) is 3.47. The molecule has 0 amide bonds. The molecule has 0 atom stereocenters. The second kappa shape index (κ2) is 3.83. The van der Waals surface area contributed by atoms with E-state index in [1.807, 2.05) is 25.1 Å². The van der Waals surface area contributed by atoms with E-state index in [-0.39, 0.29) is 5.54 Å². The molecule has 16 heavy (non-hydrogen) atoms. The Morgan fingerprint density at radius 2 is 2.06 bits per heavy atom. The summed E-state index contributed by atoms with van der Waals surface area (Å²) in [6, 6.07) is 8.11. The normalized spacial score (nSPS) is 15.6. The van der Waals surface area contributed by atoms with Gasteiger partial charge in [0.05, 0.1) is 11.3 Å². The number of anilines is 1. The zero-order valence-electron chi connectivity index (χ0n) is 10.2. The molecule has 1 saturated carbocycles. The fourth-order valence-corrected chi connectivity index (χ4v) is 2.16. The molecule has 0 saturated heterocycles. The molecule has 2 rings (SSSR count). The number of benzene rings is 1. The van der Waals surface area contributed by atoms with Gasteiger partial charge in [0.1, 0.15) is 6.07 Å². The maximum absolute atomic E-state index is 9.10. The van der Waals surface area contributed by atoms with Crippen molar-refractivity contribution in [1.29, 1.82) is 5.26 Å². The lowest BCUT2D eigenvalue weighted by Crippen LogP contribution is -2.33. The van der Waals surface area contributed by atoms with Crippen LogP contribution in [0.5, 0.6) is 0 Å². The molecule has 1 aromatic rings. The van der Waals surface area contributed by atoms with Gasteiger partial charge in [-0.1, -0.05) is 12.1 Å². The van der Waals surface area contributed by atoms with Crippen LogP contribution in [0.25, 0.3) is 0 Å². The van der Waals surface area contributed by atoms with E-state index in [2.05, 4.69) is 25.2 Å². The molecular formula is C14H18N2. The van der Waals surface area contributed by atoms with Crippen molar-refractivity contribution in [3.05, 3.63) is 29.3 Å². The van der Waals surface area contributed by atoms with Gasteiger partial charge in [0, 0.05) is 5.54 Å². The molecule has 0 aromatic heterocycles. The molecule has 0 radical (unpaired) electrons. The smallest absolute Gasteiger partial charge is 0.101 e. The Bertz CT molecular complexity index is 437. The van der Waals surface area contributed by atoms with Crippen LogP contribution in [0.1, 0.15) is 37.8 Å². The fourth-order valence-electron chi connectivity index (χ4n) is 2.16. The summed E-state index contributed by atoms with van der Waals surface area (Å²) in [7, 11) is 0. The number of nitrogens with one attached hydrogen (secondary N) is 1. The van der Waals surface area contributed by atoms with E-state index in [4.69, 9.17) is 5.26 Å². The van der Waals surface area contributed by atoms with Crippen molar-refractivity contribution in [3.8, 4) is 6.07 Å². The number of para-hydroxylation sites is 1. The zero-order valence-corrected chi connectivity index (χ0v) is 10.2. The standard InChI is InChI=1S/C14H18N2/c1-10-5-4-6-11(9-15)13(10)16-14(2,3)12-7-8-12/h4-6,12,16H,7-8H2,1-3H3. The highest BCUT2D eigenvalue weighted by Gasteiger charge is 2.38. The molecular weight excluding hydrogens is 196 g/mol. The van der Waals surface area contributed by atoms with Gasteiger partial charge in [-0.25, -0.2) is 0 Å². The summed E-state index contributed by atoms with van der Waals surface area (Å²) < 4.78 is 0. The van der Waals surface area contributed by atoms with Crippen molar-refractivity contribution in [2.24, 2.45) is 5.92 Å². The van der Waals surface area contributed by atoms with Crippen LogP contribution < -0.4 is 5.32 Å². The molecule has 1 N–H and O–H groups in total. The van der Waals surface area contributed by atoms with Crippen molar-refractivity contribution >= 4 is 5.69 Å². The van der Waals surface area contributed by atoms with Gasteiger partial charge < -0.3 is 5.32 Å². The first-order valence-electron chi connectivity index (χ1n) is 5.82. The third-order valence-electron chi connectivity index (χ3n) is 3.44. The van der Waals surface area contributed by atoms with E-state index < -0.39 is 0 Å². The van der Waals surface area contributed by atoms with Crippen LogP contribution >= 0.6 is 0 Å². The molecule has 2 nitrogen and oxygen atoms in total. The first-order chi connectivity index (χ1) is 7.54. The van der Waals surface area contributed by atoms with E-state index in [0.29, 0.717) is 0 Å². The van der Waals surface area contributed by atoms with E-state index in [0.717, 1.165) is 22.7 Å². The number of aryl methyl sites for hydroxylation is 1. The second-order valence-electron chi connectivity index (χ2n) is 5.23. The SMILES string of the molecule is Cc1cccc(C#N)c1NC(C)(C)C1CC1. The summed E-state index contributed by atoms with van der Waals surface area (Å²) in [5, 5.41) is 12.6. The summed E-state index contributed by atoms with van der Waals surface area (Å²) >= 11 is 0. The lowest BCUT2D eigenvalue weighted by molar-refractivity contribution is 0.494. The van der Waals surface area contributed by atoms with Crippen LogP contribution in [0, 0.1) is 24.2 Å². The van der Waals surface area contributed by atoms with E-state index in [9.17, 15) is 0 Å². The highest BCUT2D eigenvalue weighted by molar-refractivity contribution is 5.63. The van der Waals surface area contributed by atoms with Gasteiger partial charge in [-0.2, -0.15) is 5.26 Å². The van der Waals surface area contributed by atoms with Gasteiger partial charge in [0.2, 0.25) is 0 Å². The second-order valence-corrected chi connectivity index (χ2v) is 5.23. The Balaban J connectivity index is 2.30. The van der Waals surface area contributed by atoms with Gasteiger partial charge in [0.15, 0.2) is 0 Å². The summed E-state index contributed by atoms with van der Waals surface area (Å²) in [5.41, 5.74) is 2.99. The number of hydrogen-bond donors (Lipinski definition) is 1. The van der Waals surface area contributed by atoms with Gasteiger partial charge >= 0.3 is 0 Å². The Morgan fingerprint density at radius 3 is 2.62 bits per heavy atom. The Hall–Kier alpha value is -1.49. The number of nitriles is 1. The largest absolute Gasteiger partial charge is 0.379 e. The predicted molar refractivity (Wildman–Crippen MR) is 66.3 cm³/mol. The van der Waals surface area contributed by atoms with Crippen molar-refractivity contribution in [1.82, 2.24) is 0 Å². The van der Waals surface area contributed by atoms with Crippen LogP contribution in [-0.4, -0.2) is 5.54 Å². The Kier molecular flexibility index (Phi) is 2.63. The lowest BCUT2D eigenvalue weighted by atomic mass is 9.96. The Labute approximate surface area is 97.3 Å². The molecule has 84 valence electrons. The molecule has 0 bridgehead atoms. The lowest BCUT2D eigenvalue weighted by Gasteiger charge is -2.29. The molecule has 0 heterocycles. The molecule has 0 aliphatic heterocycles. The molecule has 0 unspecified atom stereocenters. The fraction of sp³-hybridized carbons (Fsp3) is 0.500. The third kappa shape index (κ3) is 2.04. The van der Waals surface area contributed by atoms with Gasteiger partial charge in [-0.3, -0.25) is 0 Å². The average molecular weight is 214 g/mol. The van der Waals surface area contributed by atoms with Crippen molar-refractivity contribution in [3.63, 3.8) is 0 Å². The Morgan fingerprint density at radius 1 is 1.38 bits per heavy atom. The molecule has 2 heteroatoms. The molecule has 1 aliphatic rings. The number of hydrogen-bond acceptors (Lipinski definition) is 2. The van der Waals surface area contributed by atoms with Crippen LogP contribution in [-0.2, 0) is 0 Å². The van der Waals surface area contributed by atoms with Gasteiger partial charge in [-0.15, -0.1) is 0 Å². The minimum Gasteiger partial charge on any atom is -0.379 e. The number of nitrogens with zero attached hydrogens (tertiary/aromatic N) is 1. The quantitative estimate of drug-likeness (QED) is 0.836. The summed E-state index contributed by atoms with van der Waals surface area (Å²) in [5.74, 6) is 0.749. The number of rotatable bonds is 3. The zero-order chi connectivity index (χ0) is 11.8. The van der Waals surface area contributed by atoms with Crippen molar-refractivity contribution in [2.45, 2.75) is 39.2 Å². The van der Waals surface area contributed by atoms with Gasteiger partial charge in [-0.05, 0) is 51.2 Å². The molecule has 1 aliphatic carbocycles. The first kappa shape index (κ1) is 11.0. The van der Waals surface area contributed by atoms with Gasteiger partial charge in [0.25, 0.3) is 0 Å². The van der Waals surface area contributed by atoms with Crippen LogP contribution in [0.2, 0.25) is 0 Å². The maximum Gasteiger partial charge on any atom is 0.101 e. The monoisotopic (exact) mass is 214 g/mol. The van der Waals surface area contributed by atoms with E-state index in [1.165, 1.54) is 12.8 Å². The first-order valence-corrected chi connectivity index (χ1v) is 5.82. The topological polar surface area (TPSA) is 35.8 Å². The van der Waals surface area contributed by atoms with Crippen LogP contribution in [0.3, 0.4) is 0 Å². The average Bonchev–Trinajstić information content (AvgIpc) is 3.04. The minimum atomic E-state index is 0.0950. The van der Waals surface area contributed by atoms with Crippen LogP contribution in [0.4, 0.5) is 5.69 Å². The molecule has 1 fully saturated rings. The third-order valence-corrected chi connectivity index (χ3v) is 3.44. The highest BCUT2D eigenvalue weighted by Crippen LogP contribution is 2.41. The summed E-state index contributed by atoms with van der Waals surface area (Å²) in [4.78, 5) is 0. The maximum atomic E-state index is 9.10.